The highest BCUT2D eigenvalue weighted by Crippen LogP contribution is 2.40. The maximum absolute atomic E-state index is 12.8. The second-order valence-electron chi connectivity index (χ2n) is 4.48. The summed E-state index contributed by atoms with van der Waals surface area (Å²) in [6.45, 7) is 0.532. The Hall–Kier alpha value is -1.85. The molecule has 4 nitrogen and oxygen atoms in total. The number of ether oxygens (including phenoxy) is 1. The predicted octanol–water partition coefficient (Wildman–Crippen LogP) is 2.43. The summed E-state index contributed by atoms with van der Waals surface area (Å²) in [4.78, 5) is 0. The Morgan fingerprint density at radius 3 is 2.60 bits per heavy atom. The highest BCUT2D eigenvalue weighted by atomic mass is 32.2. The molecule has 20 heavy (non-hydrogen) atoms. The van der Waals surface area contributed by atoms with Crippen molar-refractivity contribution in [2.24, 2.45) is 0 Å². The van der Waals surface area contributed by atoms with E-state index >= 15 is 0 Å². The van der Waals surface area contributed by atoms with Crippen LogP contribution in [0, 0.1) is 0 Å². The lowest BCUT2D eigenvalue weighted by Crippen LogP contribution is -2.43. The van der Waals surface area contributed by atoms with E-state index in [1.807, 2.05) is 66.0 Å². The summed E-state index contributed by atoms with van der Waals surface area (Å²) in [5.74, 6) is 0.760. The summed E-state index contributed by atoms with van der Waals surface area (Å²) in [5, 5.41) is 3.03. The molecule has 104 valence electrons. The molecule has 0 amide bonds. The number of nitrogens with zero attached hydrogens (tertiary/aromatic N) is 1. The van der Waals surface area contributed by atoms with Gasteiger partial charge in [-0.15, -0.1) is 0 Å². The van der Waals surface area contributed by atoms with Crippen LogP contribution in [-0.4, -0.2) is 23.2 Å². The molecule has 0 aromatic heterocycles. The zero-order valence-electron chi connectivity index (χ0n) is 11.2. The van der Waals surface area contributed by atoms with Gasteiger partial charge in [0.1, 0.15) is 5.75 Å². The molecule has 1 aliphatic heterocycles. The van der Waals surface area contributed by atoms with Gasteiger partial charge in [0.05, 0.1) is 11.4 Å². The summed E-state index contributed by atoms with van der Waals surface area (Å²) in [7, 11) is 0.548. The van der Waals surface area contributed by atoms with E-state index in [0.29, 0.717) is 6.54 Å². The highest BCUT2D eigenvalue weighted by molar-refractivity contribution is 7.87. The highest BCUT2D eigenvalue weighted by Gasteiger charge is 2.33. The molecule has 0 radical (unpaired) electrons. The molecule has 2 atom stereocenters. The molecule has 2 unspecified atom stereocenters. The minimum Gasteiger partial charge on any atom is -0.472 e. The number of hydrogen-bond acceptors (Lipinski definition) is 3. The van der Waals surface area contributed by atoms with E-state index in [9.17, 15) is 4.21 Å². The Bertz CT molecular complexity index is 618. The topological polar surface area (TPSA) is 41.6 Å². The molecular formula is C15H16N2O2S. The van der Waals surface area contributed by atoms with Crippen LogP contribution in [0.4, 0.5) is 11.4 Å². The molecule has 5 heteroatoms. The van der Waals surface area contributed by atoms with E-state index < -0.39 is 16.4 Å². The summed E-state index contributed by atoms with van der Waals surface area (Å²) in [6, 6.07) is 17.4. The fourth-order valence-corrected chi connectivity index (χ4v) is 3.61. The van der Waals surface area contributed by atoms with E-state index in [-0.39, 0.29) is 0 Å². The monoisotopic (exact) mass is 288 g/mol. The fraction of sp³-hybridized carbons (Fsp3) is 0.200. The number of fused-ring (bicyclic) bond motifs is 1. The molecule has 0 fully saturated rings. The quantitative estimate of drug-likeness (QED) is 0.943. The number of para-hydroxylation sites is 3. The van der Waals surface area contributed by atoms with E-state index in [1.54, 1.807) is 0 Å². The van der Waals surface area contributed by atoms with Gasteiger partial charge in [-0.3, -0.25) is 4.31 Å². The third kappa shape index (κ3) is 2.30. The van der Waals surface area contributed by atoms with Crippen molar-refractivity contribution in [2.45, 2.75) is 5.44 Å². The SMILES string of the molecule is CNCC1Oc2ccccc2N(c2ccccc2)S1=O. The van der Waals surface area contributed by atoms with Crippen molar-refractivity contribution >= 4 is 22.4 Å². The van der Waals surface area contributed by atoms with Gasteiger partial charge < -0.3 is 10.1 Å². The largest absolute Gasteiger partial charge is 0.472 e. The van der Waals surface area contributed by atoms with Gasteiger partial charge in [0.15, 0.2) is 11.0 Å². The molecule has 0 saturated heterocycles. The first-order valence-electron chi connectivity index (χ1n) is 6.47. The van der Waals surface area contributed by atoms with Crippen molar-refractivity contribution < 1.29 is 8.95 Å². The van der Waals surface area contributed by atoms with Gasteiger partial charge >= 0.3 is 0 Å². The Morgan fingerprint density at radius 2 is 1.85 bits per heavy atom. The first-order valence-corrected chi connectivity index (χ1v) is 7.64. The van der Waals surface area contributed by atoms with Crippen LogP contribution in [0.25, 0.3) is 0 Å². The number of nitrogens with one attached hydrogen (secondary N) is 1. The minimum atomic E-state index is -1.28. The lowest BCUT2D eigenvalue weighted by atomic mass is 10.2. The van der Waals surface area contributed by atoms with Gasteiger partial charge in [-0.2, -0.15) is 0 Å². The van der Waals surface area contributed by atoms with Crippen LogP contribution >= 0.6 is 0 Å². The average Bonchev–Trinajstić information content (AvgIpc) is 2.49. The van der Waals surface area contributed by atoms with Crippen LogP contribution in [0.1, 0.15) is 0 Å². The second-order valence-corrected chi connectivity index (χ2v) is 5.92. The van der Waals surface area contributed by atoms with E-state index in [1.165, 1.54) is 0 Å². The predicted molar refractivity (Wildman–Crippen MR) is 81.5 cm³/mol. The number of rotatable bonds is 3. The van der Waals surface area contributed by atoms with Gasteiger partial charge in [0.25, 0.3) is 0 Å². The lowest BCUT2D eigenvalue weighted by Gasteiger charge is -2.34. The van der Waals surface area contributed by atoms with E-state index in [0.717, 1.165) is 17.1 Å². The maximum atomic E-state index is 12.8. The van der Waals surface area contributed by atoms with Gasteiger partial charge in [-0.1, -0.05) is 30.3 Å². The zero-order chi connectivity index (χ0) is 13.9. The van der Waals surface area contributed by atoms with Gasteiger partial charge in [-0.05, 0) is 31.3 Å². The third-order valence-corrected chi connectivity index (χ3v) is 4.59. The summed E-state index contributed by atoms with van der Waals surface area (Å²) in [6.07, 6.45) is 0. The van der Waals surface area contributed by atoms with Crippen molar-refractivity contribution in [1.82, 2.24) is 5.32 Å². The number of likely N-dealkylation sites (N-methyl/N-ethyl adjacent to an activating group) is 1. The summed E-state index contributed by atoms with van der Waals surface area (Å²) >= 11 is 0. The molecular weight excluding hydrogens is 272 g/mol. The normalized spacial score (nSPS) is 21.1. The van der Waals surface area contributed by atoms with Crippen molar-refractivity contribution in [3.63, 3.8) is 0 Å². The molecule has 2 aromatic rings. The van der Waals surface area contributed by atoms with Crippen molar-refractivity contribution in [3.05, 3.63) is 54.6 Å². The second kappa shape index (κ2) is 5.64. The molecule has 1 aliphatic rings. The summed E-state index contributed by atoms with van der Waals surface area (Å²) < 4.78 is 20.4. The molecule has 1 N–H and O–H groups in total. The van der Waals surface area contributed by atoms with Crippen LogP contribution in [0.5, 0.6) is 5.75 Å². The van der Waals surface area contributed by atoms with Crippen molar-refractivity contribution in [1.29, 1.82) is 0 Å². The molecule has 1 heterocycles. The van der Waals surface area contributed by atoms with Gasteiger partial charge in [0, 0.05) is 6.54 Å². The van der Waals surface area contributed by atoms with Crippen molar-refractivity contribution in [2.75, 3.05) is 17.9 Å². The number of benzene rings is 2. The lowest BCUT2D eigenvalue weighted by molar-refractivity contribution is 0.275. The van der Waals surface area contributed by atoms with Crippen molar-refractivity contribution in [3.8, 4) is 5.75 Å². The summed E-state index contributed by atoms with van der Waals surface area (Å²) in [5.41, 5.74) is 1.35. The van der Waals surface area contributed by atoms with Crippen LogP contribution in [0.15, 0.2) is 54.6 Å². The Morgan fingerprint density at radius 1 is 1.15 bits per heavy atom. The van der Waals surface area contributed by atoms with Gasteiger partial charge in [-0.25, -0.2) is 4.21 Å². The maximum Gasteiger partial charge on any atom is 0.205 e. The number of anilines is 2. The van der Waals surface area contributed by atoms with E-state index in [2.05, 4.69) is 5.32 Å². The Kier molecular flexibility index (Phi) is 3.71. The molecule has 0 spiro atoms. The Labute approximate surface area is 121 Å². The smallest absolute Gasteiger partial charge is 0.205 e. The van der Waals surface area contributed by atoms with Crippen LogP contribution < -0.4 is 14.4 Å². The fourth-order valence-electron chi connectivity index (χ4n) is 2.21. The van der Waals surface area contributed by atoms with Crippen LogP contribution in [0.2, 0.25) is 0 Å². The third-order valence-electron chi connectivity index (χ3n) is 3.11. The average molecular weight is 288 g/mol. The molecule has 3 rings (SSSR count). The minimum absolute atomic E-state index is 0.393. The molecule has 0 saturated carbocycles. The number of hydrogen-bond donors (Lipinski definition) is 1. The standard InChI is InChI=1S/C15H16N2O2S/c1-16-11-15-19-14-10-6-5-9-13(14)17(20(15)18)12-7-3-2-4-8-12/h2-10,15-16H,11H2,1H3. The van der Waals surface area contributed by atoms with Gasteiger partial charge in [0.2, 0.25) is 5.44 Å². The van der Waals surface area contributed by atoms with Crippen LogP contribution in [-0.2, 0) is 11.0 Å². The zero-order valence-corrected chi connectivity index (χ0v) is 12.0. The van der Waals surface area contributed by atoms with E-state index in [4.69, 9.17) is 4.74 Å². The Balaban J connectivity index is 2.08. The molecule has 0 bridgehead atoms. The molecule has 2 aromatic carbocycles. The molecule has 0 aliphatic carbocycles. The van der Waals surface area contributed by atoms with Crippen LogP contribution in [0.3, 0.4) is 0 Å². The first kappa shape index (κ1) is 13.1. The first-order chi connectivity index (χ1) is 9.81.